The number of aromatic nitrogens is 3. The van der Waals surface area contributed by atoms with E-state index >= 15 is 0 Å². The fourth-order valence-corrected chi connectivity index (χ4v) is 3.42. The summed E-state index contributed by atoms with van der Waals surface area (Å²) < 4.78 is 11.7. The van der Waals surface area contributed by atoms with Crippen molar-refractivity contribution < 1.29 is 14.6 Å². The number of hydrogen-bond donors (Lipinski definition) is 3. The molecule has 0 fully saturated rings. The smallest absolute Gasteiger partial charge is 0.250 e. The number of aromatic hydroxyl groups is 1. The summed E-state index contributed by atoms with van der Waals surface area (Å²) in [6, 6.07) is 12.1. The minimum Gasteiger partial charge on any atom is -0.508 e. The molecule has 4 rings (SSSR count). The number of nitrogens with zero attached hydrogens (tertiary/aromatic N) is 1. The Morgan fingerprint density at radius 1 is 1.00 bits per heavy atom. The Bertz CT molecular complexity index is 1280. The fraction of sp³-hybridized carbons (Fsp3) is 0.217. The molecule has 7 nitrogen and oxygen atoms in total. The van der Waals surface area contributed by atoms with Crippen LogP contribution < -0.4 is 15.0 Å². The molecule has 4 aromatic rings. The fourth-order valence-electron chi connectivity index (χ4n) is 3.42. The third kappa shape index (κ3) is 3.61. The molecular formula is C23H23N3O4. The van der Waals surface area contributed by atoms with E-state index < -0.39 is 0 Å². The number of benzene rings is 2. The van der Waals surface area contributed by atoms with Crippen LogP contribution >= 0.6 is 0 Å². The Morgan fingerprint density at radius 3 is 2.50 bits per heavy atom. The number of phenolic OH excluding ortho intramolecular Hbond substituents is 1. The van der Waals surface area contributed by atoms with E-state index in [1.54, 1.807) is 37.6 Å². The normalized spacial score (nSPS) is 11.6. The first kappa shape index (κ1) is 19.6. The maximum absolute atomic E-state index is 12.0. The third-order valence-electron chi connectivity index (χ3n) is 4.91. The number of hydrogen-bond acceptors (Lipinski definition) is 5. The van der Waals surface area contributed by atoms with E-state index in [0.29, 0.717) is 22.9 Å². The standard InChI is InChI=1S/C23H23N3O4/c1-23(2,3)17-10-14(27)6-8-18(17)30-19-7-5-13(9-20(19)29-4)15-11-21(28)25-22-16(15)12-24-26-22/h5-12,27H,1-4H3,(H2,24,25,26,28). The summed E-state index contributed by atoms with van der Waals surface area (Å²) in [6.45, 7) is 6.16. The number of nitrogens with one attached hydrogen (secondary N) is 2. The molecule has 0 aliphatic carbocycles. The van der Waals surface area contributed by atoms with Gasteiger partial charge in [0.15, 0.2) is 17.1 Å². The van der Waals surface area contributed by atoms with Crippen molar-refractivity contribution >= 4 is 11.0 Å². The average Bonchev–Trinajstić information content (AvgIpc) is 3.16. The quantitative estimate of drug-likeness (QED) is 0.456. The van der Waals surface area contributed by atoms with E-state index in [2.05, 4.69) is 36.0 Å². The Hall–Kier alpha value is -3.74. The zero-order chi connectivity index (χ0) is 21.5. The summed E-state index contributed by atoms with van der Waals surface area (Å²) in [5.41, 5.74) is 2.46. The Morgan fingerprint density at radius 2 is 1.77 bits per heavy atom. The van der Waals surface area contributed by atoms with Crippen LogP contribution in [-0.2, 0) is 5.41 Å². The lowest BCUT2D eigenvalue weighted by atomic mass is 9.86. The van der Waals surface area contributed by atoms with Crippen LogP contribution in [0.25, 0.3) is 22.2 Å². The summed E-state index contributed by atoms with van der Waals surface area (Å²) in [6.07, 6.45) is 1.74. The van der Waals surface area contributed by atoms with E-state index in [-0.39, 0.29) is 16.7 Å². The van der Waals surface area contributed by atoms with Crippen molar-refractivity contribution in [1.82, 2.24) is 15.2 Å². The highest BCUT2D eigenvalue weighted by Crippen LogP contribution is 2.41. The Balaban J connectivity index is 1.78. The van der Waals surface area contributed by atoms with Gasteiger partial charge in [0, 0.05) is 23.2 Å². The van der Waals surface area contributed by atoms with Gasteiger partial charge < -0.3 is 19.6 Å². The summed E-state index contributed by atoms with van der Waals surface area (Å²) in [7, 11) is 1.57. The molecule has 0 bridgehead atoms. The van der Waals surface area contributed by atoms with Gasteiger partial charge in [-0.15, -0.1) is 0 Å². The molecule has 0 spiro atoms. The number of H-pyrrole nitrogens is 2. The van der Waals surface area contributed by atoms with Crippen LogP contribution in [0.3, 0.4) is 0 Å². The molecule has 2 heterocycles. The number of fused-ring (bicyclic) bond motifs is 1. The monoisotopic (exact) mass is 405 g/mol. The molecule has 2 aromatic heterocycles. The van der Waals surface area contributed by atoms with E-state index in [9.17, 15) is 9.90 Å². The van der Waals surface area contributed by atoms with Gasteiger partial charge in [0.2, 0.25) is 5.56 Å². The number of ether oxygens (including phenoxy) is 2. The molecule has 0 radical (unpaired) electrons. The minimum atomic E-state index is -0.234. The van der Waals surface area contributed by atoms with Crippen molar-refractivity contribution in [3.63, 3.8) is 0 Å². The first-order chi connectivity index (χ1) is 14.3. The summed E-state index contributed by atoms with van der Waals surface area (Å²) >= 11 is 0. The molecule has 0 amide bonds. The first-order valence-corrected chi connectivity index (χ1v) is 9.53. The highest BCUT2D eigenvalue weighted by atomic mass is 16.5. The van der Waals surface area contributed by atoms with Crippen molar-refractivity contribution in [1.29, 1.82) is 0 Å². The van der Waals surface area contributed by atoms with Crippen molar-refractivity contribution in [2.45, 2.75) is 26.2 Å². The van der Waals surface area contributed by atoms with Crippen LogP contribution in [0.2, 0.25) is 0 Å². The highest BCUT2D eigenvalue weighted by Gasteiger charge is 2.21. The van der Waals surface area contributed by atoms with Crippen molar-refractivity contribution in [2.75, 3.05) is 7.11 Å². The van der Waals surface area contributed by atoms with Crippen molar-refractivity contribution in [3.8, 4) is 34.1 Å². The molecule has 0 saturated carbocycles. The van der Waals surface area contributed by atoms with Crippen LogP contribution in [0.15, 0.2) is 53.5 Å². The van der Waals surface area contributed by atoms with Gasteiger partial charge in [-0.1, -0.05) is 26.8 Å². The molecule has 2 aromatic carbocycles. The van der Waals surface area contributed by atoms with Gasteiger partial charge in [0.05, 0.1) is 7.11 Å². The lowest BCUT2D eigenvalue weighted by Gasteiger charge is -2.23. The second-order valence-electron chi connectivity index (χ2n) is 8.09. The molecule has 7 heteroatoms. The van der Waals surface area contributed by atoms with E-state index in [0.717, 1.165) is 22.1 Å². The minimum absolute atomic E-state index is 0.188. The number of phenols is 1. The first-order valence-electron chi connectivity index (χ1n) is 9.53. The largest absolute Gasteiger partial charge is 0.508 e. The van der Waals surface area contributed by atoms with Crippen molar-refractivity contribution in [2.24, 2.45) is 0 Å². The maximum atomic E-state index is 12.0. The number of methoxy groups -OCH3 is 1. The number of rotatable bonds is 4. The SMILES string of the molecule is COc1cc(-c2cc(=O)[nH]c3n[nH]cc23)ccc1Oc1ccc(O)cc1C(C)(C)C. The van der Waals surface area contributed by atoms with Crippen LogP contribution in [0.5, 0.6) is 23.0 Å². The molecule has 0 unspecified atom stereocenters. The van der Waals surface area contributed by atoms with Crippen molar-refractivity contribution in [3.05, 3.63) is 64.6 Å². The molecule has 0 aliphatic heterocycles. The average molecular weight is 405 g/mol. The second-order valence-corrected chi connectivity index (χ2v) is 8.09. The van der Waals surface area contributed by atoms with Crippen LogP contribution in [0.4, 0.5) is 0 Å². The van der Waals surface area contributed by atoms with Crippen LogP contribution in [0.1, 0.15) is 26.3 Å². The molecule has 0 aliphatic rings. The molecule has 154 valence electrons. The van der Waals surface area contributed by atoms with Gasteiger partial charge >= 0.3 is 0 Å². The molecule has 0 saturated heterocycles. The predicted octanol–water partition coefficient (Wildman–Crippen LogP) is 4.72. The second kappa shape index (κ2) is 7.26. The molecular weight excluding hydrogens is 382 g/mol. The van der Waals surface area contributed by atoms with Gasteiger partial charge in [-0.25, -0.2) is 0 Å². The summed E-state index contributed by atoms with van der Waals surface area (Å²) in [5, 5.41) is 17.6. The lowest BCUT2D eigenvalue weighted by Crippen LogP contribution is -2.12. The highest BCUT2D eigenvalue weighted by molar-refractivity contribution is 5.92. The number of pyridine rings is 1. The van der Waals surface area contributed by atoms with Crippen LogP contribution in [-0.4, -0.2) is 27.4 Å². The zero-order valence-electron chi connectivity index (χ0n) is 17.2. The Kier molecular flexibility index (Phi) is 4.73. The Labute approximate surface area is 173 Å². The van der Waals surface area contributed by atoms with Gasteiger partial charge in [-0.2, -0.15) is 5.10 Å². The zero-order valence-corrected chi connectivity index (χ0v) is 17.2. The predicted molar refractivity (Wildman–Crippen MR) is 116 cm³/mol. The summed E-state index contributed by atoms with van der Waals surface area (Å²) in [5.74, 6) is 1.89. The van der Waals surface area contributed by atoms with Gasteiger partial charge in [0.1, 0.15) is 11.5 Å². The lowest BCUT2D eigenvalue weighted by molar-refractivity contribution is 0.374. The van der Waals surface area contributed by atoms with Gasteiger partial charge in [-0.3, -0.25) is 9.89 Å². The summed E-state index contributed by atoms with van der Waals surface area (Å²) in [4.78, 5) is 14.7. The van der Waals surface area contributed by atoms with E-state index in [1.165, 1.54) is 6.07 Å². The molecule has 30 heavy (non-hydrogen) atoms. The van der Waals surface area contributed by atoms with E-state index in [1.807, 2.05) is 12.1 Å². The third-order valence-corrected chi connectivity index (χ3v) is 4.91. The van der Waals surface area contributed by atoms with Gasteiger partial charge in [0.25, 0.3) is 0 Å². The molecule has 0 atom stereocenters. The number of aromatic amines is 2. The van der Waals surface area contributed by atoms with E-state index in [4.69, 9.17) is 9.47 Å². The van der Waals surface area contributed by atoms with Crippen LogP contribution in [0, 0.1) is 0 Å². The van der Waals surface area contributed by atoms with Gasteiger partial charge in [-0.05, 0) is 46.9 Å². The maximum Gasteiger partial charge on any atom is 0.250 e. The topological polar surface area (TPSA) is 100 Å². The molecule has 3 N–H and O–H groups in total.